The highest BCUT2D eigenvalue weighted by Crippen LogP contribution is 2.38. The van der Waals surface area contributed by atoms with Crippen molar-refractivity contribution < 1.29 is 19.4 Å². The van der Waals surface area contributed by atoms with Gasteiger partial charge in [0.1, 0.15) is 0 Å². The highest BCUT2D eigenvalue weighted by atomic mass is 35.5. The van der Waals surface area contributed by atoms with Crippen LogP contribution in [0.4, 0.5) is 4.79 Å². The number of hydrogen-bond donors (Lipinski definition) is 1. The van der Waals surface area contributed by atoms with E-state index >= 15 is 0 Å². The van der Waals surface area contributed by atoms with E-state index in [1.165, 1.54) is 12.1 Å². The van der Waals surface area contributed by atoms with Crippen molar-refractivity contribution in [3.05, 3.63) is 40.3 Å². The molecule has 1 aromatic rings. The number of aromatic hydroxyl groups is 1. The number of halogens is 1. The third-order valence-corrected chi connectivity index (χ3v) is 4.03. The van der Waals surface area contributed by atoms with Crippen LogP contribution in [0.2, 0.25) is 5.02 Å². The molecule has 1 heterocycles. The van der Waals surface area contributed by atoms with Gasteiger partial charge in [0, 0.05) is 6.54 Å². The molecule has 7 heteroatoms. The number of rotatable bonds is 5. The molecule has 1 saturated heterocycles. The van der Waals surface area contributed by atoms with Gasteiger partial charge in [-0.05, 0) is 42.5 Å². The number of benzene rings is 1. The lowest BCUT2D eigenvalue weighted by Gasteiger charge is -2.09. The summed E-state index contributed by atoms with van der Waals surface area (Å²) in [5.41, 5.74) is 0.565. The van der Waals surface area contributed by atoms with Gasteiger partial charge in [-0.15, -0.1) is 6.58 Å². The lowest BCUT2D eigenvalue weighted by Crippen LogP contribution is -2.27. The van der Waals surface area contributed by atoms with Gasteiger partial charge in [0.25, 0.3) is 11.1 Å². The van der Waals surface area contributed by atoms with Crippen LogP contribution in [0.3, 0.4) is 0 Å². The van der Waals surface area contributed by atoms with Crippen LogP contribution in [0.5, 0.6) is 11.5 Å². The van der Waals surface area contributed by atoms with Gasteiger partial charge in [-0.3, -0.25) is 14.5 Å². The lowest BCUT2D eigenvalue weighted by molar-refractivity contribution is -0.122. The number of nitrogens with zero attached hydrogens (tertiary/aromatic N) is 1. The summed E-state index contributed by atoms with van der Waals surface area (Å²) in [5.74, 6) is -0.302. The normalized spacial score (nSPS) is 16.5. The van der Waals surface area contributed by atoms with Crippen LogP contribution < -0.4 is 4.74 Å². The van der Waals surface area contributed by atoms with E-state index in [0.717, 1.165) is 16.7 Å². The van der Waals surface area contributed by atoms with E-state index in [2.05, 4.69) is 6.58 Å². The van der Waals surface area contributed by atoms with Crippen LogP contribution in [0.15, 0.2) is 29.7 Å². The quantitative estimate of drug-likeness (QED) is 0.655. The number of carbonyl (C=O) groups excluding carboxylic acids is 2. The summed E-state index contributed by atoms with van der Waals surface area (Å²) >= 11 is 6.79. The smallest absolute Gasteiger partial charge is 0.293 e. The molecule has 0 spiro atoms. The Kier molecular flexibility index (Phi) is 5.15. The van der Waals surface area contributed by atoms with Crippen molar-refractivity contribution >= 4 is 40.6 Å². The average molecular weight is 340 g/mol. The summed E-state index contributed by atoms with van der Waals surface area (Å²) in [5, 5.41) is 9.57. The van der Waals surface area contributed by atoms with E-state index in [1.807, 2.05) is 0 Å². The minimum atomic E-state index is -0.378. The summed E-state index contributed by atoms with van der Waals surface area (Å²) in [6.45, 7) is 5.83. The number of hydrogen-bond acceptors (Lipinski definition) is 5. The van der Waals surface area contributed by atoms with Crippen LogP contribution in [0.25, 0.3) is 6.08 Å². The monoisotopic (exact) mass is 339 g/mol. The molecule has 0 unspecified atom stereocenters. The maximum absolute atomic E-state index is 12.1. The second-order valence-electron chi connectivity index (χ2n) is 4.36. The Balaban J connectivity index is 2.35. The van der Waals surface area contributed by atoms with Gasteiger partial charge in [0.2, 0.25) is 0 Å². The Bertz CT molecular complexity index is 672. The first-order valence-corrected chi connectivity index (χ1v) is 7.69. The van der Waals surface area contributed by atoms with Gasteiger partial charge in [-0.1, -0.05) is 17.7 Å². The summed E-state index contributed by atoms with van der Waals surface area (Å²) in [6.07, 6.45) is 3.03. The van der Waals surface area contributed by atoms with E-state index in [9.17, 15) is 14.7 Å². The largest absolute Gasteiger partial charge is 0.503 e. The molecular weight excluding hydrogens is 326 g/mol. The fourth-order valence-electron chi connectivity index (χ4n) is 1.88. The summed E-state index contributed by atoms with van der Waals surface area (Å²) in [6, 6.07) is 3.06. The van der Waals surface area contributed by atoms with Crippen molar-refractivity contribution in [3.8, 4) is 11.5 Å². The molecule has 0 aliphatic carbocycles. The van der Waals surface area contributed by atoms with E-state index in [0.29, 0.717) is 12.2 Å². The first-order chi connectivity index (χ1) is 10.5. The molecule has 0 aromatic heterocycles. The van der Waals surface area contributed by atoms with Crippen molar-refractivity contribution in [2.24, 2.45) is 0 Å². The number of carbonyl (C=O) groups is 2. The number of phenolic OH excluding ortho intramolecular Hbond substituents is 1. The van der Waals surface area contributed by atoms with Gasteiger partial charge in [-0.25, -0.2) is 0 Å². The first kappa shape index (κ1) is 16.5. The summed E-state index contributed by atoms with van der Waals surface area (Å²) in [4.78, 5) is 25.3. The molecule has 1 fully saturated rings. The molecule has 0 radical (unpaired) electrons. The highest BCUT2D eigenvalue weighted by Gasteiger charge is 2.34. The van der Waals surface area contributed by atoms with Crippen LogP contribution >= 0.6 is 23.4 Å². The van der Waals surface area contributed by atoms with E-state index in [1.54, 1.807) is 19.1 Å². The van der Waals surface area contributed by atoms with Crippen LogP contribution in [-0.2, 0) is 4.79 Å². The van der Waals surface area contributed by atoms with Crippen molar-refractivity contribution in [2.75, 3.05) is 13.2 Å². The number of imide groups is 1. The second kappa shape index (κ2) is 6.89. The number of amides is 2. The van der Waals surface area contributed by atoms with Gasteiger partial charge >= 0.3 is 0 Å². The predicted molar refractivity (Wildman–Crippen MR) is 87.2 cm³/mol. The van der Waals surface area contributed by atoms with Gasteiger partial charge in [-0.2, -0.15) is 0 Å². The van der Waals surface area contributed by atoms with E-state index in [4.69, 9.17) is 16.3 Å². The van der Waals surface area contributed by atoms with E-state index < -0.39 is 0 Å². The molecule has 1 aromatic carbocycles. The Labute approximate surface area is 137 Å². The summed E-state index contributed by atoms with van der Waals surface area (Å²) in [7, 11) is 0. The van der Waals surface area contributed by atoms with Crippen molar-refractivity contribution in [2.45, 2.75) is 6.92 Å². The van der Waals surface area contributed by atoms with Crippen LogP contribution in [0, 0.1) is 0 Å². The number of phenols is 1. The molecule has 116 valence electrons. The van der Waals surface area contributed by atoms with Gasteiger partial charge < -0.3 is 9.84 Å². The molecule has 22 heavy (non-hydrogen) atoms. The fourth-order valence-corrected chi connectivity index (χ4v) is 2.95. The summed E-state index contributed by atoms with van der Waals surface area (Å²) < 4.78 is 5.28. The van der Waals surface area contributed by atoms with Crippen molar-refractivity contribution in [3.63, 3.8) is 0 Å². The maximum atomic E-state index is 12.1. The highest BCUT2D eigenvalue weighted by molar-refractivity contribution is 8.18. The number of ether oxygens (including phenoxy) is 1. The Morgan fingerprint density at radius 2 is 2.18 bits per heavy atom. The molecule has 1 aliphatic rings. The number of thioether (sulfide) groups is 1. The third-order valence-electron chi connectivity index (χ3n) is 2.83. The molecule has 1 aliphatic heterocycles. The minimum absolute atomic E-state index is 0.113. The standard InChI is InChI=1S/C15H14ClNO4S/c1-3-5-17-14(19)12(22-15(17)20)8-9-6-10(16)13(18)11(7-9)21-4-2/h3,6-8,18H,1,4-5H2,2H3/b12-8+. The van der Waals surface area contributed by atoms with E-state index in [-0.39, 0.29) is 39.1 Å². The Morgan fingerprint density at radius 1 is 1.45 bits per heavy atom. The zero-order valence-electron chi connectivity index (χ0n) is 11.8. The Morgan fingerprint density at radius 3 is 2.82 bits per heavy atom. The zero-order valence-corrected chi connectivity index (χ0v) is 13.4. The molecule has 1 N–H and O–H groups in total. The molecule has 2 rings (SSSR count). The Hall–Kier alpha value is -1.92. The second-order valence-corrected chi connectivity index (χ2v) is 5.76. The van der Waals surface area contributed by atoms with Crippen LogP contribution in [-0.4, -0.2) is 34.3 Å². The molecule has 5 nitrogen and oxygen atoms in total. The van der Waals surface area contributed by atoms with Gasteiger partial charge in [0.15, 0.2) is 11.5 Å². The minimum Gasteiger partial charge on any atom is -0.503 e. The predicted octanol–water partition coefficient (Wildman–Crippen LogP) is 3.67. The first-order valence-electron chi connectivity index (χ1n) is 6.49. The molecule has 0 atom stereocenters. The van der Waals surface area contributed by atoms with Crippen molar-refractivity contribution in [1.82, 2.24) is 4.90 Å². The third kappa shape index (κ3) is 3.28. The molecule has 0 bridgehead atoms. The lowest BCUT2D eigenvalue weighted by atomic mass is 10.2. The average Bonchev–Trinajstić information content (AvgIpc) is 2.72. The maximum Gasteiger partial charge on any atom is 0.293 e. The molecule has 2 amide bonds. The van der Waals surface area contributed by atoms with Crippen LogP contribution in [0.1, 0.15) is 12.5 Å². The van der Waals surface area contributed by atoms with Gasteiger partial charge in [0.05, 0.1) is 16.5 Å². The molecule has 0 saturated carbocycles. The zero-order chi connectivity index (χ0) is 16.3. The topological polar surface area (TPSA) is 66.8 Å². The van der Waals surface area contributed by atoms with Crippen molar-refractivity contribution in [1.29, 1.82) is 0 Å². The molecular formula is C15H14ClNO4S. The fraction of sp³-hybridized carbons (Fsp3) is 0.200. The SMILES string of the molecule is C=CCN1C(=O)S/C(=C/c2cc(Cl)c(O)c(OCC)c2)C1=O.